The van der Waals surface area contributed by atoms with Crippen molar-refractivity contribution in [3.63, 3.8) is 0 Å². The number of anilines is 2. The maximum absolute atomic E-state index is 15.1. The van der Waals surface area contributed by atoms with Crippen LogP contribution in [0.4, 0.5) is 25.0 Å². The molecule has 12 nitrogen and oxygen atoms in total. The van der Waals surface area contributed by atoms with Crippen LogP contribution >= 0.6 is 0 Å². The van der Waals surface area contributed by atoms with Crippen LogP contribution in [0.1, 0.15) is 25.5 Å². The summed E-state index contributed by atoms with van der Waals surface area (Å²) in [4.78, 5) is 38.6. The Morgan fingerprint density at radius 1 is 1.22 bits per heavy atom. The Hall–Kier alpha value is -3.65. The average molecular weight is 507 g/mol. The molecule has 1 atom stereocenters. The molecule has 0 bridgehead atoms. The summed E-state index contributed by atoms with van der Waals surface area (Å²) in [5.74, 6) is -1.89. The summed E-state index contributed by atoms with van der Waals surface area (Å²) in [5, 5.41) is 14.5. The SMILES string of the molecule is CC(=O)CC[C@H]1CN(c2cc(F)c(N3CCNN(C(=O)CNCc4cn[nH]n4)CC3)c(F)c2)C(=O)O1. The van der Waals surface area contributed by atoms with Gasteiger partial charge in [-0.15, -0.1) is 0 Å². The van der Waals surface area contributed by atoms with E-state index in [4.69, 9.17) is 4.74 Å². The first-order valence-electron chi connectivity index (χ1n) is 11.6. The van der Waals surface area contributed by atoms with Crippen molar-refractivity contribution in [3.05, 3.63) is 35.7 Å². The summed E-state index contributed by atoms with van der Waals surface area (Å²) in [6, 6.07) is 2.20. The van der Waals surface area contributed by atoms with Crippen LogP contribution in [0.15, 0.2) is 18.3 Å². The summed E-state index contributed by atoms with van der Waals surface area (Å²) < 4.78 is 35.4. The van der Waals surface area contributed by atoms with Gasteiger partial charge in [-0.25, -0.2) is 19.0 Å². The van der Waals surface area contributed by atoms with E-state index in [0.717, 1.165) is 17.0 Å². The van der Waals surface area contributed by atoms with Gasteiger partial charge in [0.1, 0.15) is 17.6 Å². The molecule has 3 heterocycles. The number of carbonyl (C=O) groups is 3. The third-order valence-corrected chi connectivity index (χ3v) is 5.95. The summed E-state index contributed by atoms with van der Waals surface area (Å²) in [5.41, 5.74) is 3.47. The molecule has 2 aliphatic heterocycles. The molecule has 1 aromatic carbocycles. The van der Waals surface area contributed by atoms with Crippen molar-refractivity contribution in [2.75, 3.05) is 49.1 Å². The van der Waals surface area contributed by atoms with Crippen LogP contribution in [0.2, 0.25) is 0 Å². The summed E-state index contributed by atoms with van der Waals surface area (Å²) in [7, 11) is 0. The zero-order valence-corrected chi connectivity index (χ0v) is 19.8. The number of carbonyl (C=O) groups excluding carboxylic acids is 3. The van der Waals surface area contributed by atoms with Crippen molar-refractivity contribution in [1.82, 2.24) is 31.2 Å². The normalized spacial score (nSPS) is 18.4. The van der Waals surface area contributed by atoms with Gasteiger partial charge >= 0.3 is 6.09 Å². The Bertz CT molecular complexity index is 1080. The average Bonchev–Trinajstić information content (AvgIpc) is 3.41. The number of H-pyrrole nitrogens is 1. The van der Waals surface area contributed by atoms with E-state index >= 15 is 8.78 Å². The van der Waals surface area contributed by atoms with E-state index < -0.39 is 23.8 Å². The first kappa shape index (κ1) is 25.4. The van der Waals surface area contributed by atoms with Crippen molar-refractivity contribution in [2.45, 2.75) is 32.4 Å². The number of amides is 2. The zero-order chi connectivity index (χ0) is 25.7. The first-order valence-corrected chi connectivity index (χ1v) is 11.6. The molecular formula is C22H28F2N8O4. The highest BCUT2D eigenvalue weighted by Crippen LogP contribution is 2.31. The minimum Gasteiger partial charge on any atom is -0.444 e. The Morgan fingerprint density at radius 2 is 2.00 bits per heavy atom. The van der Waals surface area contributed by atoms with Gasteiger partial charge in [-0.3, -0.25) is 14.7 Å². The van der Waals surface area contributed by atoms with Gasteiger partial charge in [-0.05, 0) is 13.3 Å². The predicted octanol–water partition coefficient (Wildman–Crippen LogP) is 0.720. The highest BCUT2D eigenvalue weighted by molar-refractivity contribution is 5.90. The number of rotatable bonds is 9. The molecule has 0 saturated carbocycles. The Balaban J connectivity index is 1.35. The maximum atomic E-state index is 15.1. The van der Waals surface area contributed by atoms with E-state index in [1.165, 1.54) is 16.8 Å². The number of halogens is 2. The van der Waals surface area contributed by atoms with Gasteiger partial charge in [0.15, 0.2) is 11.6 Å². The number of ether oxygens (including phenoxy) is 1. The molecule has 2 aliphatic rings. The van der Waals surface area contributed by atoms with Gasteiger partial charge in [0.25, 0.3) is 5.91 Å². The van der Waals surface area contributed by atoms with Crippen LogP contribution in [0.5, 0.6) is 0 Å². The minimum absolute atomic E-state index is 0.0269. The lowest BCUT2D eigenvalue weighted by Gasteiger charge is -2.25. The number of nitrogens with zero attached hydrogens (tertiary/aromatic N) is 5. The van der Waals surface area contributed by atoms with E-state index in [9.17, 15) is 14.4 Å². The van der Waals surface area contributed by atoms with Crippen molar-refractivity contribution in [1.29, 1.82) is 0 Å². The topological polar surface area (TPSA) is 136 Å². The van der Waals surface area contributed by atoms with Gasteiger partial charge < -0.3 is 19.7 Å². The molecule has 0 radical (unpaired) electrons. The number of Topliss-reactive ketones (excluding diaryl/α,β-unsaturated/α-hetero) is 1. The van der Waals surface area contributed by atoms with E-state index in [0.29, 0.717) is 25.2 Å². The molecule has 14 heteroatoms. The van der Waals surface area contributed by atoms with Crippen LogP contribution in [0, 0.1) is 11.6 Å². The highest BCUT2D eigenvalue weighted by atomic mass is 19.1. The van der Waals surface area contributed by atoms with E-state index in [-0.39, 0.29) is 62.2 Å². The van der Waals surface area contributed by atoms with Crippen LogP contribution < -0.4 is 20.5 Å². The quantitative estimate of drug-likeness (QED) is 0.450. The summed E-state index contributed by atoms with van der Waals surface area (Å²) in [6.07, 6.45) is 0.936. The molecule has 0 aliphatic carbocycles. The molecule has 2 fully saturated rings. The lowest BCUT2D eigenvalue weighted by molar-refractivity contribution is -0.133. The van der Waals surface area contributed by atoms with Crippen molar-refractivity contribution in [2.24, 2.45) is 0 Å². The molecule has 1 aromatic heterocycles. The molecule has 4 rings (SSSR count). The molecule has 2 amide bonds. The van der Waals surface area contributed by atoms with E-state index in [2.05, 4.69) is 26.2 Å². The second-order valence-electron chi connectivity index (χ2n) is 8.62. The molecule has 3 N–H and O–H groups in total. The second kappa shape index (κ2) is 11.4. The Kier molecular flexibility index (Phi) is 8.05. The molecule has 2 saturated heterocycles. The molecule has 0 unspecified atom stereocenters. The standard InChI is InChI=1S/C22H28F2N8O4/c1-14(33)2-3-17-13-31(22(35)36-17)16-8-18(23)21(19(24)9-16)30-5-4-27-32(7-6-30)20(34)12-25-10-15-11-26-29-28-15/h8-9,11,17,25,27H,2-7,10,12-13H2,1H3,(H,26,28,29)/t17-/m0/s1. The molecule has 2 aromatic rings. The number of hydrogen-bond acceptors (Lipinski definition) is 9. The van der Waals surface area contributed by atoms with Crippen LogP contribution in [-0.4, -0.2) is 83.6 Å². The number of benzene rings is 1. The lowest BCUT2D eigenvalue weighted by atomic mass is 10.1. The second-order valence-corrected chi connectivity index (χ2v) is 8.62. The van der Waals surface area contributed by atoms with Crippen LogP contribution in [0.3, 0.4) is 0 Å². The minimum atomic E-state index is -0.820. The van der Waals surface area contributed by atoms with E-state index in [1.807, 2.05) is 0 Å². The highest BCUT2D eigenvalue weighted by Gasteiger charge is 2.34. The van der Waals surface area contributed by atoms with Gasteiger partial charge in [0, 0.05) is 44.7 Å². The zero-order valence-electron chi connectivity index (χ0n) is 19.8. The van der Waals surface area contributed by atoms with Gasteiger partial charge in [-0.2, -0.15) is 15.4 Å². The number of cyclic esters (lactones) is 1. The Morgan fingerprint density at radius 3 is 2.69 bits per heavy atom. The van der Waals surface area contributed by atoms with E-state index in [1.54, 1.807) is 6.20 Å². The monoisotopic (exact) mass is 506 g/mol. The number of ketones is 1. The van der Waals surface area contributed by atoms with Gasteiger partial charge in [-0.1, -0.05) is 0 Å². The van der Waals surface area contributed by atoms with Crippen LogP contribution in [0.25, 0.3) is 0 Å². The number of aromatic amines is 1. The third-order valence-electron chi connectivity index (χ3n) is 5.95. The lowest BCUT2D eigenvalue weighted by Crippen LogP contribution is -2.47. The molecule has 0 spiro atoms. The maximum Gasteiger partial charge on any atom is 0.414 e. The van der Waals surface area contributed by atoms with Crippen molar-refractivity contribution >= 4 is 29.2 Å². The largest absolute Gasteiger partial charge is 0.444 e. The summed E-state index contributed by atoms with van der Waals surface area (Å²) in [6.45, 7) is 2.95. The smallest absolute Gasteiger partial charge is 0.414 e. The Labute approximate surface area is 205 Å². The van der Waals surface area contributed by atoms with Crippen molar-refractivity contribution in [3.8, 4) is 0 Å². The fourth-order valence-electron chi connectivity index (χ4n) is 4.13. The molecule has 36 heavy (non-hydrogen) atoms. The molecular weight excluding hydrogens is 478 g/mol. The van der Waals surface area contributed by atoms with Gasteiger partial charge in [0.05, 0.1) is 37.2 Å². The fourth-order valence-corrected chi connectivity index (χ4v) is 4.13. The number of aromatic nitrogens is 3. The molecule has 194 valence electrons. The first-order chi connectivity index (χ1) is 17.3. The van der Waals surface area contributed by atoms with Gasteiger partial charge in [0.2, 0.25) is 0 Å². The van der Waals surface area contributed by atoms with Crippen molar-refractivity contribution < 1.29 is 27.9 Å². The summed E-state index contributed by atoms with van der Waals surface area (Å²) >= 11 is 0. The fraction of sp³-hybridized carbons (Fsp3) is 0.500. The number of hydrazine groups is 1. The third kappa shape index (κ3) is 6.12. The van der Waals surface area contributed by atoms with Crippen LogP contribution in [-0.2, 0) is 20.9 Å². The predicted molar refractivity (Wildman–Crippen MR) is 124 cm³/mol. The number of nitrogens with one attached hydrogen (secondary N) is 3. The number of hydrogen-bond donors (Lipinski definition) is 3.